The van der Waals surface area contributed by atoms with E-state index in [2.05, 4.69) is 15.6 Å². The predicted molar refractivity (Wildman–Crippen MR) is 139 cm³/mol. The zero-order valence-corrected chi connectivity index (χ0v) is 21.6. The van der Waals surface area contributed by atoms with Crippen molar-refractivity contribution < 1.29 is 29.1 Å². The largest absolute Gasteiger partial charge is 0.480 e. The topological polar surface area (TPSA) is 201 Å². The number of rotatable bonds is 12. The van der Waals surface area contributed by atoms with E-state index in [4.69, 9.17) is 11.5 Å². The molecule has 38 heavy (non-hydrogen) atoms. The Labute approximate surface area is 220 Å². The number of aliphatic carboxylic acids is 1. The van der Waals surface area contributed by atoms with Gasteiger partial charge in [0, 0.05) is 23.6 Å². The Hall–Kier alpha value is -3.93. The van der Waals surface area contributed by atoms with Crippen LogP contribution in [-0.2, 0) is 30.4 Å². The minimum Gasteiger partial charge on any atom is -0.480 e. The summed E-state index contributed by atoms with van der Waals surface area (Å²) in [6.45, 7) is 3.99. The summed E-state index contributed by atoms with van der Waals surface area (Å²) in [5, 5.41) is 15.5. The molecule has 12 nitrogen and oxygen atoms in total. The number of nitrogens with zero attached hydrogens (tertiary/aromatic N) is 1. The monoisotopic (exact) mass is 528 g/mol. The number of carboxylic acid groups (broad SMARTS) is 1. The SMILES string of the molecule is CC(C)CC(NC(=O)C(CC(N)=O)NC(=O)C(N)Cc1c[nH]c2ccccc12)C(=O)N1CCCC1C(=O)O. The molecule has 2 heterocycles. The van der Waals surface area contributed by atoms with E-state index < -0.39 is 60.2 Å². The van der Waals surface area contributed by atoms with Gasteiger partial charge >= 0.3 is 5.97 Å². The maximum atomic E-state index is 13.2. The van der Waals surface area contributed by atoms with Crippen molar-refractivity contribution in [3.8, 4) is 0 Å². The molecule has 12 heteroatoms. The van der Waals surface area contributed by atoms with Crippen LogP contribution in [0.2, 0.25) is 0 Å². The molecule has 3 rings (SSSR count). The number of primary amides is 1. The number of benzene rings is 1. The molecule has 1 aliphatic heterocycles. The summed E-state index contributed by atoms with van der Waals surface area (Å²) in [6, 6.07) is 3.17. The predicted octanol–water partition coefficient (Wildman–Crippen LogP) is 0.00440. The van der Waals surface area contributed by atoms with E-state index in [1.807, 2.05) is 38.1 Å². The van der Waals surface area contributed by atoms with Crippen LogP contribution in [0.1, 0.15) is 45.1 Å². The summed E-state index contributed by atoms with van der Waals surface area (Å²) in [4.78, 5) is 67.0. The molecule has 0 radical (unpaired) electrons. The van der Waals surface area contributed by atoms with Gasteiger partial charge in [-0.2, -0.15) is 0 Å². The lowest BCUT2D eigenvalue weighted by Crippen LogP contribution is -2.58. The van der Waals surface area contributed by atoms with E-state index in [1.54, 1.807) is 6.20 Å². The smallest absolute Gasteiger partial charge is 0.326 e. The van der Waals surface area contributed by atoms with Gasteiger partial charge in [0.15, 0.2) is 0 Å². The number of aromatic nitrogens is 1. The number of nitrogens with two attached hydrogens (primary N) is 2. The van der Waals surface area contributed by atoms with Crippen molar-refractivity contribution in [1.82, 2.24) is 20.5 Å². The highest BCUT2D eigenvalue weighted by Crippen LogP contribution is 2.21. The number of likely N-dealkylation sites (tertiary alicyclic amines) is 1. The van der Waals surface area contributed by atoms with Gasteiger partial charge in [-0.25, -0.2) is 4.79 Å². The number of H-pyrrole nitrogens is 1. The molecule has 1 fully saturated rings. The summed E-state index contributed by atoms with van der Waals surface area (Å²) in [7, 11) is 0. The number of carbonyl (C=O) groups is 5. The van der Waals surface area contributed by atoms with Crippen LogP contribution < -0.4 is 22.1 Å². The number of carbonyl (C=O) groups excluding carboxylic acids is 4. The van der Waals surface area contributed by atoms with Crippen molar-refractivity contribution in [2.75, 3.05) is 6.54 Å². The number of nitrogens with one attached hydrogen (secondary N) is 3. The van der Waals surface area contributed by atoms with Crippen LogP contribution in [0.15, 0.2) is 30.5 Å². The van der Waals surface area contributed by atoms with Gasteiger partial charge in [-0.15, -0.1) is 0 Å². The first-order chi connectivity index (χ1) is 18.0. The van der Waals surface area contributed by atoms with Crippen molar-refractivity contribution in [3.63, 3.8) is 0 Å². The number of hydrogen-bond acceptors (Lipinski definition) is 6. The van der Waals surface area contributed by atoms with E-state index in [0.29, 0.717) is 12.8 Å². The van der Waals surface area contributed by atoms with Crippen LogP contribution in [0.25, 0.3) is 10.9 Å². The highest BCUT2D eigenvalue weighted by atomic mass is 16.4. The molecule has 4 atom stereocenters. The Kier molecular flexibility index (Phi) is 9.45. The van der Waals surface area contributed by atoms with Crippen LogP contribution in [0.3, 0.4) is 0 Å². The molecule has 2 aromatic rings. The van der Waals surface area contributed by atoms with Crippen molar-refractivity contribution in [3.05, 3.63) is 36.0 Å². The summed E-state index contributed by atoms with van der Waals surface area (Å²) in [5.74, 6) is -3.89. The second kappa shape index (κ2) is 12.5. The normalized spacial score (nSPS) is 17.7. The zero-order chi connectivity index (χ0) is 28.0. The molecule has 206 valence electrons. The van der Waals surface area contributed by atoms with Gasteiger partial charge in [-0.3, -0.25) is 19.2 Å². The van der Waals surface area contributed by atoms with Gasteiger partial charge in [0.1, 0.15) is 18.1 Å². The average Bonchev–Trinajstić information content (AvgIpc) is 3.50. The Morgan fingerprint density at radius 2 is 1.79 bits per heavy atom. The lowest BCUT2D eigenvalue weighted by molar-refractivity contribution is -0.149. The fourth-order valence-corrected chi connectivity index (χ4v) is 4.77. The molecule has 0 bridgehead atoms. The van der Waals surface area contributed by atoms with Crippen molar-refractivity contribution >= 4 is 40.5 Å². The molecular formula is C26H36N6O6. The Morgan fingerprint density at radius 3 is 2.45 bits per heavy atom. The fraction of sp³-hybridized carbons (Fsp3) is 0.500. The van der Waals surface area contributed by atoms with Crippen molar-refractivity contribution in [2.24, 2.45) is 17.4 Å². The summed E-state index contributed by atoms with van der Waals surface area (Å²) in [5.41, 5.74) is 13.2. The molecule has 8 N–H and O–H groups in total. The highest BCUT2D eigenvalue weighted by molar-refractivity contribution is 5.96. The maximum absolute atomic E-state index is 13.2. The highest BCUT2D eigenvalue weighted by Gasteiger charge is 2.38. The first-order valence-electron chi connectivity index (χ1n) is 12.7. The minimum atomic E-state index is -1.36. The molecule has 0 aliphatic carbocycles. The van der Waals surface area contributed by atoms with E-state index in [-0.39, 0.29) is 25.3 Å². The molecule has 0 spiro atoms. The van der Waals surface area contributed by atoms with Gasteiger partial charge in [-0.05, 0) is 43.2 Å². The van der Waals surface area contributed by atoms with Crippen LogP contribution in [0, 0.1) is 5.92 Å². The number of carboxylic acids is 1. The standard InChI is InChI=1S/C26H36N6O6/c1-14(2)10-20(25(36)32-9-5-8-21(32)26(37)38)31-24(35)19(12-22(28)33)30-23(34)17(27)11-15-13-29-18-7-4-3-6-16(15)18/h3-4,6-7,13-14,17,19-21,29H,5,8-12,27H2,1-2H3,(H2,28,33)(H,30,34)(H,31,35)(H,37,38). The van der Waals surface area contributed by atoms with Gasteiger partial charge in [-0.1, -0.05) is 32.0 Å². The van der Waals surface area contributed by atoms with Gasteiger partial charge in [0.25, 0.3) is 0 Å². The van der Waals surface area contributed by atoms with Gasteiger partial charge < -0.3 is 37.1 Å². The van der Waals surface area contributed by atoms with Crippen molar-refractivity contribution in [1.29, 1.82) is 0 Å². The number of aromatic amines is 1. The maximum Gasteiger partial charge on any atom is 0.326 e. The summed E-state index contributed by atoms with van der Waals surface area (Å²) < 4.78 is 0. The van der Waals surface area contributed by atoms with E-state index >= 15 is 0 Å². The molecule has 1 aromatic carbocycles. The average molecular weight is 529 g/mol. The lowest BCUT2D eigenvalue weighted by Gasteiger charge is -2.29. The number of amides is 4. The van der Waals surface area contributed by atoms with E-state index in [0.717, 1.165) is 16.5 Å². The molecule has 0 saturated carbocycles. The van der Waals surface area contributed by atoms with Crippen LogP contribution in [0.4, 0.5) is 0 Å². The lowest BCUT2D eigenvalue weighted by atomic mass is 10.0. The Bertz CT molecular complexity index is 1190. The van der Waals surface area contributed by atoms with Gasteiger partial charge in [0.05, 0.1) is 12.5 Å². The number of hydrogen-bond donors (Lipinski definition) is 6. The zero-order valence-electron chi connectivity index (χ0n) is 21.6. The molecular weight excluding hydrogens is 492 g/mol. The number of fused-ring (bicyclic) bond motifs is 1. The third kappa shape index (κ3) is 7.09. The quantitative estimate of drug-likeness (QED) is 0.222. The van der Waals surface area contributed by atoms with E-state index in [1.165, 1.54) is 4.90 Å². The number of para-hydroxylation sites is 1. The van der Waals surface area contributed by atoms with Crippen LogP contribution >= 0.6 is 0 Å². The van der Waals surface area contributed by atoms with E-state index in [9.17, 15) is 29.1 Å². The summed E-state index contributed by atoms with van der Waals surface area (Å²) in [6.07, 6.45) is 2.56. The fourth-order valence-electron chi connectivity index (χ4n) is 4.77. The molecule has 1 saturated heterocycles. The van der Waals surface area contributed by atoms with Crippen LogP contribution in [0.5, 0.6) is 0 Å². The third-order valence-corrected chi connectivity index (χ3v) is 6.63. The summed E-state index contributed by atoms with van der Waals surface area (Å²) >= 11 is 0. The third-order valence-electron chi connectivity index (χ3n) is 6.63. The first kappa shape index (κ1) is 28.6. The van der Waals surface area contributed by atoms with Gasteiger partial charge in [0.2, 0.25) is 23.6 Å². The Morgan fingerprint density at radius 1 is 1.11 bits per heavy atom. The molecule has 1 aliphatic rings. The first-order valence-corrected chi connectivity index (χ1v) is 12.7. The molecule has 4 unspecified atom stereocenters. The minimum absolute atomic E-state index is 0.0103. The van der Waals surface area contributed by atoms with Crippen LogP contribution in [-0.4, -0.2) is 75.3 Å². The Balaban J connectivity index is 1.71. The molecule has 4 amide bonds. The molecule has 1 aromatic heterocycles. The van der Waals surface area contributed by atoms with Crippen molar-refractivity contribution in [2.45, 2.75) is 70.1 Å². The second-order valence-corrected chi connectivity index (χ2v) is 10.1. The second-order valence-electron chi connectivity index (χ2n) is 10.1.